The number of pyridine rings is 1. The maximum absolute atomic E-state index is 12.4. The van der Waals surface area contributed by atoms with Gasteiger partial charge in [0.15, 0.2) is 5.82 Å². The summed E-state index contributed by atoms with van der Waals surface area (Å²) in [5, 5.41) is 7.27. The molecule has 128 valence electrons. The summed E-state index contributed by atoms with van der Waals surface area (Å²) in [6.45, 7) is 2.62. The summed E-state index contributed by atoms with van der Waals surface area (Å²) in [6, 6.07) is 5.70. The molecule has 0 saturated heterocycles. The molecule has 24 heavy (non-hydrogen) atoms. The summed E-state index contributed by atoms with van der Waals surface area (Å²) in [7, 11) is 0. The second-order valence-corrected chi connectivity index (χ2v) is 6.18. The number of amides is 1. The fourth-order valence-electron chi connectivity index (χ4n) is 3.00. The van der Waals surface area contributed by atoms with Gasteiger partial charge in [0, 0.05) is 24.7 Å². The molecule has 1 N–H and O–H groups in total. The van der Waals surface area contributed by atoms with Crippen LogP contribution in [0.5, 0.6) is 0 Å². The SMILES string of the molecule is CC[C@H](OC1CCCC1)C(=O)Nc1ccn(Cc2ccncc2)n1. The molecular weight excluding hydrogens is 304 g/mol. The van der Waals surface area contributed by atoms with Gasteiger partial charge in [-0.2, -0.15) is 5.10 Å². The van der Waals surface area contributed by atoms with Gasteiger partial charge in [-0.25, -0.2) is 0 Å². The third-order valence-corrected chi connectivity index (χ3v) is 4.31. The number of ether oxygens (including phenoxy) is 1. The van der Waals surface area contributed by atoms with Crippen molar-refractivity contribution in [3.63, 3.8) is 0 Å². The highest BCUT2D eigenvalue weighted by molar-refractivity contribution is 5.93. The fraction of sp³-hybridized carbons (Fsp3) is 0.500. The van der Waals surface area contributed by atoms with E-state index in [1.165, 1.54) is 12.8 Å². The van der Waals surface area contributed by atoms with Crippen molar-refractivity contribution < 1.29 is 9.53 Å². The number of rotatable bonds is 7. The van der Waals surface area contributed by atoms with Gasteiger partial charge in [-0.3, -0.25) is 14.5 Å². The summed E-state index contributed by atoms with van der Waals surface area (Å²) in [4.78, 5) is 16.4. The summed E-state index contributed by atoms with van der Waals surface area (Å²) in [5.74, 6) is 0.445. The van der Waals surface area contributed by atoms with Crippen molar-refractivity contribution in [3.8, 4) is 0 Å². The molecule has 0 unspecified atom stereocenters. The Bertz CT molecular complexity index is 650. The Morgan fingerprint density at radius 1 is 1.33 bits per heavy atom. The van der Waals surface area contributed by atoms with Crippen molar-refractivity contribution in [3.05, 3.63) is 42.4 Å². The van der Waals surface area contributed by atoms with Crippen LogP contribution in [0.2, 0.25) is 0 Å². The third kappa shape index (κ3) is 4.41. The minimum Gasteiger partial charge on any atom is -0.365 e. The molecule has 2 heterocycles. The monoisotopic (exact) mass is 328 g/mol. The van der Waals surface area contributed by atoms with Crippen LogP contribution in [0.1, 0.15) is 44.6 Å². The van der Waals surface area contributed by atoms with E-state index in [2.05, 4.69) is 15.4 Å². The molecule has 0 aliphatic heterocycles. The van der Waals surface area contributed by atoms with Crippen molar-refractivity contribution in [2.75, 3.05) is 5.32 Å². The molecule has 2 aromatic rings. The van der Waals surface area contributed by atoms with Crippen molar-refractivity contribution in [2.24, 2.45) is 0 Å². The molecule has 0 bridgehead atoms. The molecule has 6 nitrogen and oxygen atoms in total. The molecule has 0 spiro atoms. The Morgan fingerprint density at radius 2 is 2.08 bits per heavy atom. The summed E-state index contributed by atoms with van der Waals surface area (Å²) >= 11 is 0. The molecule has 2 aromatic heterocycles. The minimum atomic E-state index is -0.404. The number of aromatic nitrogens is 3. The van der Waals surface area contributed by atoms with Gasteiger partial charge in [0.1, 0.15) is 6.10 Å². The zero-order valence-corrected chi connectivity index (χ0v) is 14.0. The van der Waals surface area contributed by atoms with E-state index in [9.17, 15) is 4.79 Å². The van der Waals surface area contributed by atoms with E-state index in [4.69, 9.17) is 4.74 Å². The lowest BCUT2D eigenvalue weighted by atomic mass is 10.2. The lowest BCUT2D eigenvalue weighted by Gasteiger charge is -2.19. The maximum Gasteiger partial charge on any atom is 0.254 e. The fourth-order valence-corrected chi connectivity index (χ4v) is 3.00. The highest BCUT2D eigenvalue weighted by atomic mass is 16.5. The van der Waals surface area contributed by atoms with Gasteiger partial charge < -0.3 is 10.1 Å². The van der Waals surface area contributed by atoms with Crippen molar-refractivity contribution >= 4 is 11.7 Å². The number of nitrogens with one attached hydrogen (secondary N) is 1. The van der Waals surface area contributed by atoms with Gasteiger partial charge in [0.05, 0.1) is 12.6 Å². The standard InChI is InChI=1S/C18H24N4O2/c1-2-16(24-15-5-3-4-6-15)18(23)20-17-9-12-22(21-17)13-14-7-10-19-11-8-14/h7-12,15-16H,2-6,13H2,1H3,(H,20,21,23)/t16-/m0/s1. The van der Waals surface area contributed by atoms with E-state index < -0.39 is 6.10 Å². The first-order valence-corrected chi connectivity index (χ1v) is 8.63. The highest BCUT2D eigenvalue weighted by Gasteiger charge is 2.24. The van der Waals surface area contributed by atoms with E-state index in [0.717, 1.165) is 18.4 Å². The Balaban J connectivity index is 1.55. The molecular formula is C18H24N4O2. The Labute approximate surface area is 142 Å². The second kappa shape index (κ2) is 8.06. The van der Waals surface area contributed by atoms with Crippen LogP contribution in [0.3, 0.4) is 0 Å². The Hall–Kier alpha value is -2.21. The van der Waals surface area contributed by atoms with Gasteiger partial charge in [-0.05, 0) is 37.0 Å². The predicted octanol–water partition coefficient (Wildman–Crippen LogP) is 3.00. The molecule has 0 aromatic carbocycles. The van der Waals surface area contributed by atoms with E-state index in [1.54, 1.807) is 23.1 Å². The van der Waals surface area contributed by atoms with Crippen LogP contribution in [0.4, 0.5) is 5.82 Å². The molecule has 1 atom stereocenters. The first kappa shape index (κ1) is 16.6. The van der Waals surface area contributed by atoms with Gasteiger partial charge in [-0.1, -0.05) is 19.8 Å². The van der Waals surface area contributed by atoms with E-state index >= 15 is 0 Å². The second-order valence-electron chi connectivity index (χ2n) is 6.18. The van der Waals surface area contributed by atoms with Crippen LogP contribution in [-0.2, 0) is 16.1 Å². The van der Waals surface area contributed by atoms with Gasteiger partial charge in [-0.15, -0.1) is 0 Å². The van der Waals surface area contributed by atoms with Gasteiger partial charge >= 0.3 is 0 Å². The average Bonchev–Trinajstić information content (AvgIpc) is 3.25. The topological polar surface area (TPSA) is 69.0 Å². The average molecular weight is 328 g/mol. The number of anilines is 1. The Kier molecular flexibility index (Phi) is 5.59. The molecule has 6 heteroatoms. The molecule has 0 radical (unpaired) electrons. The van der Waals surface area contributed by atoms with E-state index in [0.29, 0.717) is 18.8 Å². The van der Waals surface area contributed by atoms with Gasteiger partial charge in [0.25, 0.3) is 5.91 Å². The summed E-state index contributed by atoms with van der Waals surface area (Å²) < 4.78 is 7.74. The third-order valence-electron chi connectivity index (χ3n) is 4.31. The van der Waals surface area contributed by atoms with Crippen LogP contribution >= 0.6 is 0 Å². The minimum absolute atomic E-state index is 0.112. The molecule has 1 saturated carbocycles. The highest BCUT2D eigenvalue weighted by Crippen LogP contribution is 2.23. The predicted molar refractivity (Wildman–Crippen MR) is 91.6 cm³/mol. The molecule has 1 fully saturated rings. The normalized spacial score (nSPS) is 16.2. The lowest BCUT2D eigenvalue weighted by Crippen LogP contribution is -2.33. The number of nitrogens with zero attached hydrogens (tertiary/aromatic N) is 3. The van der Waals surface area contributed by atoms with Crippen LogP contribution < -0.4 is 5.32 Å². The first-order valence-electron chi connectivity index (χ1n) is 8.63. The smallest absolute Gasteiger partial charge is 0.254 e. The summed E-state index contributed by atoms with van der Waals surface area (Å²) in [6.07, 6.45) is 10.4. The number of carbonyl (C=O) groups excluding carboxylic acids is 1. The number of hydrogen-bond acceptors (Lipinski definition) is 4. The maximum atomic E-state index is 12.4. The van der Waals surface area contributed by atoms with E-state index in [1.807, 2.05) is 25.3 Å². The van der Waals surface area contributed by atoms with Crippen LogP contribution in [0, 0.1) is 0 Å². The first-order chi connectivity index (χ1) is 11.7. The van der Waals surface area contributed by atoms with Crippen LogP contribution in [-0.4, -0.2) is 32.9 Å². The van der Waals surface area contributed by atoms with Crippen molar-refractivity contribution in [1.29, 1.82) is 0 Å². The van der Waals surface area contributed by atoms with Crippen LogP contribution in [0.25, 0.3) is 0 Å². The molecule has 3 rings (SSSR count). The zero-order chi connectivity index (χ0) is 16.8. The number of hydrogen-bond donors (Lipinski definition) is 1. The zero-order valence-electron chi connectivity index (χ0n) is 14.0. The van der Waals surface area contributed by atoms with Crippen LogP contribution in [0.15, 0.2) is 36.8 Å². The number of carbonyl (C=O) groups is 1. The molecule has 1 amide bonds. The quantitative estimate of drug-likeness (QED) is 0.848. The van der Waals surface area contributed by atoms with E-state index in [-0.39, 0.29) is 12.0 Å². The van der Waals surface area contributed by atoms with Crippen molar-refractivity contribution in [1.82, 2.24) is 14.8 Å². The van der Waals surface area contributed by atoms with Crippen molar-refractivity contribution in [2.45, 2.75) is 57.8 Å². The molecule has 1 aliphatic rings. The van der Waals surface area contributed by atoms with Gasteiger partial charge in [0.2, 0.25) is 0 Å². The Morgan fingerprint density at radius 3 is 2.79 bits per heavy atom. The largest absolute Gasteiger partial charge is 0.365 e. The summed E-state index contributed by atoms with van der Waals surface area (Å²) in [5.41, 5.74) is 1.11. The lowest BCUT2D eigenvalue weighted by molar-refractivity contribution is -0.131. The molecule has 1 aliphatic carbocycles.